The molecule has 0 unspecified atom stereocenters. The molecular weight excluding hydrogens is 314 g/mol. The summed E-state index contributed by atoms with van der Waals surface area (Å²) in [4.78, 5) is 6.95. The Balaban J connectivity index is 1.73. The zero-order valence-corrected chi connectivity index (χ0v) is 12.9. The summed E-state index contributed by atoms with van der Waals surface area (Å²) in [6.07, 6.45) is 4.42. The summed E-state index contributed by atoms with van der Waals surface area (Å²) in [5.74, 6) is 0. The Labute approximate surface area is 127 Å². The molecule has 3 nitrogen and oxygen atoms in total. The maximum absolute atomic E-state index is 6.05. The van der Waals surface area contributed by atoms with Gasteiger partial charge >= 0.3 is 0 Å². The first-order valence-corrected chi connectivity index (χ1v) is 7.69. The van der Waals surface area contributed by atoms with E-state index in [1.165, 1.54) is 18.4 Å². The molecule has 1 aromatic heterocycles. The third-order valence-corrected chi connectivity index (χ3v) is 4.11. The van der Waals surface area contributed by atoms with Gasteiger partial charge in [0.25, 0.3) is 0 Å². The van der Waals surface area contributed by atoms with Gasteiger partial charge in [-0.3, -0.25) is 9.88 Å². The molecule has 1 heterocycles. The van der Waals surface area contributed by atoms with Gasteiger partial charge in [-0.15, -0.1) is 0 Å². The summed E-state index contributed by atoms with van der Waals surface area (Å²) < 4.78 is 1.02. The highest BCUT2D eigenvalue weighted by Gasteiger charge is 2.29. The fourth-order valence-corrected chi connectivity index (χ4v) is 2.59. The minimum absolute atomic E-state index is 0.681. The van der Waals surface area contributed by atoms with Crippen LogP contribution in [0.3, 0.4) is 0 Å². The van der Waals surface area contributed by atoms with Crippen LogP contribution in [-0.4, -0.2) is 15.9 Å². The SMILES string of the molecule is Nc1ccccc1CN(Cc1ccc(Br)cn1)C1CC1. The summed E-state index contributed by atoms with van der Waals surface area (Å²) in [5, 5.41) is 0. The molecule has 0 bridgehead atoms. The van der Waals surface area contributed by atoms with Crippen molar-refractivity contribution in [2.24, 2.45) is 0 Å². The molecule has 1 aromatic carbocycles. The summed E-state index contributed by atoms with van der Waals surface area (Å²) in [6.45, 7) is 1.78. The Hall–Kier alpha value is -1.39. The smallest absolute Gasteiger partial charge is 0.0545 e. The van der Waals surface area contributed by atoms with Crippen molar-refractivity contribution in [3.8, 4) is 0 Å². The molecule has 1 fully saturated rings. The topological polar surface area (TPSA) is 42.1 Å². The molecule has 104 valence electrons. The van der Waals surface area contributed by atoms with E-state index in [4.69, 9.17) is 5.73 Å². The van der Waals surface area contributed by atoms with Crippen LogP contribution >= 0.6 is 15.9 Å². The molecule has 0 spiro atoms. The Morgan fingerprint density at radius 1 is 1.15 bits per heavy atom. The number of nitrogen functional groups attached to an aromatic ring is 1. The van der Waals surface area contributed by atoms with Crippen molar-refractivity contribution in [2.75, 3.05) is 5.73 Å². The van der Waals surface area contributed by atoms with Crippen LogP contribution in [0.15, 0.2) is 47.1 Å². The van der Waals surface area contributed by atoms with Crippen molar-refractivity contribution in [1.82, 2.24) is 9.88 Å². The molecule has 3 rings (SSSR count). The third-order valence-electron chi connectivity index (χ3n) is 3.65. The van der Waals surface area contributed by atoms with Gasteiger partial charge in [-0.05, 0) is 52.5 Å². The molecule has 0 saturated heterocycles. The van der Waals surface area contributed by atoms with E-state index in [9.17, 15) is 0 Å². The number of para-hydroxylation sites is 1. The Morgan fingerprint density at radius 3 is 2.60 bits per heavy atom. The number of pyridine rings is 1. The fourth-order valence-electron chi connectivity index (χ4n) is 2.36. The molecule has 20 heavy (non-hydrogen) atoms. The molecule has 1 saturated carbocycles. The van der Waals surface area contributed by atoms with Crippen molar-refractivity contribution in [3.05, 3.63) is 58.3 Å². The summed E-state index contributed by atoms with van der Waals surface area (Å²) in [5.41, 5.74) is 9.24. The van der Waals surface area contributed by atoms with Crippen LogP contribution in [0.1, 0.15) is 24.1 Å². The van der Waals surface area contributed by atoms with E-state index in [0.29, 0.717) is 6.04 Å². The molecule has 4 heteroatoms. The predicted molar refractivity (Wildman–Crippen MR) is 85.1 cm³/mol. The van der Waals surface area contributed by atoms with Gasteiger partial charge in [0.15, 0.2) is 0 Å². The highest BCUT2D eigenvalue weighted by atomic mass is 79.9. The minimum Gasteiger partial charge on any atom is -0.398 e. The van der Waals surface area contributed by atoms with Crippen LogP contribution in [0.5, 0.6) is 0 Å². The maximum Gasteiger partial charge on any atom is 0.0545 e. The Bertz CT molecular complexity index is 579. The third kappa shape index (κ3) is 3.38. The van der Waals surface area contributed by atoms with Crippen molar-refractivity contribution in [1.29, 1.82) is 0 Å². The Morgan fingerprint density at radius 2 is 1.95 bits per heavy atom. The molecule has 0 amide bonds. The lowest BCUT2D eigenvalue weighted by Gasteiger charge is -2.22. The number of halogens is 1. The average molecular weight is 332 g/mol. The van der Waals surface area contributed by atoms with Crippen LogP contribution in [0.2, 0.25) is 0 Å². The number of nitrogens with two attached hydrogens (primary N) is 1. The highest BCUT2D eigenvalue weighted by molar-refractivity contribution is 9.10. The van der Waals surface area contributed by atoms with Gasteiger partial charge in [0, 0.05) is 35.5 Å². The van der Waals surface area contributed by atoms with E-state index >= 15 is 0 Å². The normalized spacial score (nSPS) is 14.7. The van der Waals surface area contributed by atoms with E-state index < -0.39 is 0 Å². The summed E-state index contributed by atoms with van der Waals surface area (Å²) in [7, 11) is 0. The first-order chi connectivity index (χ1) is 9.72. The molecular formula is C16H18BrN3. The van der Waals surface area contributed by atoms with E-state index in [0.717, 1.165) is 28.9 Å². The van der Waals surface area contributed by atoms with Gasteiger partial charge in [0.2, 0.25) is 0 Å². The molecule has 1 aliphatic carbocycles. The first kappa shape index (κ1) is 13.6. The van der Waals surface area contributed by atoms with Crippen LogP contribution in [0.4, 0.5) is 5.69 Å². The molecule has 0 radical (unpaired) electrons. The van der Waals surface area contributed by atoms with Gasteiger partial charge in [0.05, 0.1) is 5.69 Å². The van der Waals surface area contributed by atoms with Crippen LogP contribution in [0.25, 0.3) is 0 Å². The molecule has 2 N–H and O–H groups in total. The number of nitrogens with zero attached hydrogens (tertiary/aromatic N) is 2. The minimum atomic E-state index is 0.681. The predicted octanol–water partition coefficient (Wildman–Crippen LogP) is 3.59. The van der Waals surface area contributed by atoms with Gasteiger partial charge < -0.3 is 5.73 Å². The van der Waals surface area contributed by atoms with E-state index in [1.54, 1.807) is 0 Å². The quantitative estimate of drug-likeness (QED) is 0.851. The molecule has 0 aliphatic heterocycles. The van der Waals surface area contributed by atoms with Gasteiger partial charge in [-0.1, -0.05) is 18.2 Å². The van der Waals surface area contributed by atoms with E-state index in [1.807, 2.05) is 24.4 Å². The lowest BCUT2D eigenvalue weighted by Crippen LogP contribution is -2.26. The van der Waals surface area contributed by atoms with Crippen LogP contribution in [0, 0.1) is 0 Å². The number of aromatic nitrogens is 1. The standard InChI is InChI=1S/C16H18BrN3/c17-13-5-6-14(19-9-13)11-20(15-7-8-15)10-12-3-1-2-4-16(12)18/h1-6,9,15H,7-8,10-11,18H2. The average Bonchev–Trinajstić information content (AvgIpc) is 3.27. The van der Waals surface area contributed by atoms with Crippen molar-refractivity contribution >= 4 is 21.6 Å². The zero-order valence-electron chi connectivity index (χ0n) is 11.3. The first-order valence-electron chi connectivity index (χ1n) is 6.90. The van der Waals surface area contributed by atoms with Crippen molar-refractivity contribution < 1.29 is 0 Å². The number of hydrogen-bond donors (Lipinski definition) is 1. The molecule has 0 atom stereocenters. The van der Waals surface area contributed by atoms with Gasteiger partial charge in [-0.25, -0.2) is 0 Å². The monoisotopic (exact) mass is 331 g/mol. The van der Waals surface area contributed by atoms with Crippen LogP contribution in [-0.2, 0) is 13.1 Å². The second kappa shape index (κ2) is 5.94. The lowest BCUT2D eigenvalue weighted by molar-refractivity contribution is 0.243. The largest absolute Gasteiger partial charge is 0.398 e. The molecule has 1 aliphatic rings. The fraction of sp³-hybridized carbons (Fsp3) is 0.312. The maximum atomic E-state index is 6.05. The van der Waals surface area contributed by atoms with E-state index in [-0.39, 0.29) is 0 Å². The van der Waals surface area contributed by atoms with Crippen molar-refractivity contribution in [2.45, 2.75) is 32.0 Å². The van der Waals surface area contributed by atoms with Crippen molar-refractivity contribution in [3.63, 3.8) is 0 Å². The molecule has 2 aromatic rings. The second-order valence-corrected chi connectivity index (χ2v) is 6.22. The summed E-state index contributed by atoms with van der Waals surface area (Å²) >= 11 is 3.42. The second-order valence-electron chi connectivity index (χ2n) is 5.30. The zero-order chi connectivity index (χ0) is 13.9. The lowest BCUT2D eigenvalue weighted by atomic mass is 10.1. The number of rotatable bonds is 5. The highest BCUT2D eigenvalue weighted by Crippen LogP contribution is 2.30. The number of anilines is 1. The summed E-state index contributed by atoms with van der Waals surface area (Å²) in [6, 6.07) is 12.9. The number of benzene rings is 1. The van der Waals surface area contributed by atoms with E-state index in [2.05, 4.69) is 44.0 Å². The van der Waals surface area contributed by atoms with Crippen LogP contribution < -0.4 is 5.73 Å². The van der Waals surface area contributed by atoms with Gasteiger partial charge in [-0.2, -0.15) is 0 Å². The Kier molecular flexibility index (Phi) is 4.03. The van der Waals surface area contributed by atoms with Gasteiger partial charge in [0.1, 0.15) is 0 Å². The number of hydrogen-bond acceptors (Lipinski definition) is 3.